The number of hydrogen-bond acceptors (Lipinski definition) is 6. The second-order valence-electron chi connectivity index (χ2n) is 6.84. The molecular formula is C20H20N6O2. The fourth-order valence-corrected chi connectivity index (χ4v) is 2.91. The topological polar surface area (TPSA) is 129 Å². The van der Waals surface area contributed by atoms with Crippen LogP contribution in [0.4, 0.5) is 11.4 Å². The molecule has 0 saturated heterocycles. The molecule has 0 aliphatic carbocycles. The minimum atomic E-state index is -1.22. The van der Waals surface area contributed by atoms with Gasteiger partial charge in [0.15, 0.2) is 0 Å². The molecule has 3 rings (SSSR count). The Kier molecular flexibility index (Phi) is 4.86. The highest BCUT2D eigenvalue weighted by Gasteiger charge is 2.24. The van der Waals surface area contributed by atoms with Gasteiger partial charge in [0.2, 0.25) is 0 Å². The van der Waals surface area contributed by atoms with Gasteiger partial charge in [-0.2, -0.15) is 10.4 Å². The van der Waals surface area contributed by atoms with Crippen molar-refractivity contribution in [3.63, 3.8) is 0 Å². The van der Waals surface area contributed by atoms with Crippen LogP contribution in [0.5, 0.6) is 0 Å². The molecule has 0 saturated carbocycles. The van der Waals surface area contributed by atoms with Crippen LogP contribution in [0.25, 0.3) is 5.52 Å². The molecule has 0 spiro atoms. The Morgan fingerprint density at radius 2 is 2.14 bits per heavy atom. The Morgan fingerprint density at radius 1 is 1.39 bits per heavy atom. The van der Waals surface area contributed by atoms with Crippen LogP contribution in [-0.4, -0.2) is 33.9 Å². The zero-order valence-electron chi connectivity index (χ0n) is 15.8. The number of benzene rings is 1. The molecule has 0 aliphatic rings. The Balaban J connectivity index is 2.04. The van der Waals surface area contributed by atoms with Crippen LogP contribution in [0.3, 0.4) is 0 Å². The van der Waals surface area contributed by atoms with Crippen molar-refractivity contribution < 1.29 is 9.90 Å². The zero-order chi connectivity index (χ0) is 20.5. The number of nitrogens with zero attached hydrogens (tertiary/aromatic N) is 4. The van der Waals surface area contributed by atoms with E-state index in [1.165, 1.54) is 10.7 Å². The quantitative estimate of drug-likeness (QED) is 0.475. The highest BCUT2D eigenvalue weighted by Crippen LogP contribution is 2.32. The highest BCUT2D eigenvalue weighted by atomic mass is 16.3. The number of carbonyl (C=O) groups is 1. The summed E-state index contributed by atoms with van der Waals surface area (Å²) in [6.45, 7) is 3.23. The maximum absolute atomic E-state index is 12.9. The van der Waals surface area contributed by atoms with Crippen molar-refractivity contribution in [2.24, 2.45) is 4.99 Å². The predicted octanol–water partition coefficient (Wildman–Crippen LogP) is 2.32. The first kappa shape index (κ1) is 19.1. The van der Waals surface area contributed by atoms with Crippen molar-refractivity contribution in [1.29, 1.82) is 5.26 Å². The van der Waals surface area contributed by atoms with Crippen molar-refractivity contribution >= 4 is 29.0 Å². The van der Waals surface area contributed by atoms with Gasteiger partial charge in [-0.05, 0) is 44.2 Å². The van der Waals surface area contributed by atoms with E-state index in [0.717, 1.165) is 0 Å². The number of rotatable bonds is 4. The molecule has 0 bridgehead atoms. The van der Waals surface area contributed by atoms with E-state index in [1.807, 2.05) is 6.07 Å². The van der Waals surface area contributed by atoms with Gasteiger partial charge in [0, 0.05) is 35.8 Å². The summed E-state index contributed by atoms with van der Waals surface area (Å²) in [6.07, 6.45) is 2.97. The molecular weight excluding hydrogens is 356 g/mol. The highest BCUT2D eigenvalue weighted by molar-refractivity contribution is 6.05. The second-order valence-corrected chi connectivity index (χ2v) is 6.84. The number of carbonyl (C=O) groups excluding carboxylic acids is 1. The Morgan fingerprint density at radius 3 is 2.79 bits per heavy atom. The predicted molar refractivity (Wildman–Crippen MR) is 107 cm³/mol. The fourth-order valence-electron chi connectivity index (χ4n) is 2.91. The van der Waals surface area contributed by atoms with E-state index in [-0.39, 0.29) is 0 Å². The SMILES string of the molecule is CN=Cc1cc(NC(=O)c2ccc3cc(C#N)cnn23)c(C(C)(C)O)cc1N. The van der Waals surface area contributed by atoms with Gasteiger partial charge in [-0.25, -0.2) is 4.52 Å². The summed E-state index contributed by atoms with van der Waals surface area (Å²) in [4.78, 5) is 16.9. The normalized spacial score (nSPS) is 11.7. The van der Waals surface area contributed by atoms with Gasteiger partial charge in [-0.1, -0.05) is 0 Å². The minimum Gasteiger partial charge on any atom is -0.398 e. The average molecular weight is 376 g/mol. The summed E-state index contributed by atoms with van der Waals surface area (Å²) in [7, 11) is 1.62. The number of aliphatic imine (C=N–C) groups is 1. The lowest BCUT2D eigenvalue weighted by Crippen LogP contribution is -2.22. The Bertz CT molecular complexity index is 1130. The van der Waals surface area contributed by atoms with Crippen LogP contribution < -0.4 is 11.1 Å². The van der Waals surface area contributed by atoms with E-state index in [2.05, 4.69) is 15.4 Å². The molecule has 1 amide bonds. The molecule has 0 fully saturated rings. The van der Waals surface area contributed by atoms with Gasteiger partial charge in [0.1, 0.15) is 11.8 Å². The third kappa shape index (κ3) is 3.56. The van der Waals surface area contributed by atoms with Crippen LogP contribution in [-0.2, 0) is 5.60 Å². The smallest absolute Gasteiger partial charge is 0.274 e. The second kappa shape index (κ2) is 7.13. The van der Waals surface area contributed by atoms with E-state index in [9.17, 15) is 9.90 Å². The summed E-state index contributed by atoms with van der Waals surface area (Å²) < 4.78 is 1.45. The molecule has 0 radical (unpaired) electrons. The van der Waals surface area contributed by atoms with Crippen molar-refractivity contribution in [1.82, 2.24) is 9.61 Å². The summed E-state index contributed by atoms with van der Waals surface area (Å²) in [5.41, 5.74) is 8.12. The van der Waals surface area contributed by atoms with Crippen LogP contribution in [0.2, 0.25) is 0 Å². The van der Waals surface area contributed by atoms with E-state index in [1.54, 1.807) is 57.4 Å². The van der Waals surface area contributed by atoms with Crippen LogP contribution in [0.1, 0.15) is 41.0 Å². The fraction of sp³-hybridized carbons (Fsp3) is 0.200. The van der Waals surface area contributed by atoms with Crippen molar-refractivity contribution in [2.45, 2.75) is 19.4 Å². The number of anilines is 2. The number of nitrogens with one attached hydrogen (secondary N) is 1. The maximum atomic E-state index is 12.9. The summed E-state index contributed by atoms with van der Waals surface area (Å²) in [5.74, 6) is -0.410. The van der Waals surface area contributed by atoms with E-state index >= 15 is 0 Å². The number of nitrogens with two attached hydrogens (primary N) is 1. The molecule has 1 aromatic carbocycles. The van der Waals surface area contributed by atoms with Crippen molar-refractivity contribution in [2.75, 3.05) is 18.1 Å². The van der Waals surface area contributed by atoms with E-state index in [0.29, 0.717) is 39.3 Å². The number of nitriles is 1. The first-order chi connectivity index (χ1) is 13.2. The molecule has 2 heterocycles. The lowest BCUT2D eigenvalue weighted by Gasteiger charge is -2.23. The molecule has 3 aromatic rings. The van der Waals surface area contributed by atoms with Gasteiger partial charge >= 0.3 is 0 Å². The van der Waals surface area contributed by atoms with Gasteiger partial charge in [-0.15, -0.1) is 0 Å². The molecule has 28 heavy (non-hydrogen) atoms. The summed E-state index contributed by atoms with van der Waals surface area (Å²) >= 11 is 0. The van der Waals surface area contributed by atoms with E-state index < -0.39 is 11.5 Å². The zero-order valence-corrected chi connectivity index (χ0v) is 15.8. The number of aromatic nitrogens is 2. The largest absolute Gasteiger partial charge is 0.398 e. The summed E-state index contributed by atoms with van der Waals surface area (Å²) in [5, 5.41) is 26.5. The molecule has 0 unspecified atom stereocenters. The third-order valence-electron chi connectivity index (χ3n) is 4.26. The molecule has 8 nitrogen and oxygen atoms in total. The molecule has 8 heteroatoms. The molecule has 142 valence electrons. The van der Waals surface area contributed by atoms with Crippen LogP contribution >= 0.6 is 0 Å². The van der Waals surface area contributed by atoms with Crippen molar-refractivity contribution in [3.05, 3.63) is 58.9 Å². The molecule has 0 aliphatic heterocycles. The van der Waals surface area contributed by atoms with E-state index in [4.69, 9.17) is 11.0 Å². The number of amides is 1. The molecule has 2 aromatic heterocycles. The lowest BCUT2D eigenvalue weighted by molar-refractivity contribution is 0.0793. The standard InChI is InChI=1S/C20H20N6O2/c1-20(2,28)15-8-16(22)13(11-23-3)7-17(15)25-19(27)18-5-4-14-6-12(9-21)10-24-26(14)18/h4-8,10-11,28H,22H2,1-3H3,(H,25,27). The first-order valence-electron chi connectivity index (χ1n) is 8.52. The summed E-state index contributed by atoms with van der Waals surface area (Å²) in [6, 6.07) is 10.3. The van der Waals surface area contributed by atoms with Crippen molar-refractivity contribution in [3.8, 4) is 6.07 Å². The number of fused-ring (bicyclic) bond motifs is 1. The lowest BCUT2D eigenvalue weighted by atomic mass is 9.94. The number of hydrogen-bond donors (Lipinski definition) is 3. The third-order valence-corrected chi connectivity index (χ3v) is 4.26. The first-order valence-corrected chi connectivity index (χ1v) is 8.52. The van der Waals surface area contributed by atoms with Crippen LogP contribution in [0.15, 0.2) is 41.5 Å². The van der Waals surface area contributed by atoms with Gasteiger partial charge in [-0.3, -0.25) is 9.79 Å². The van der Waals surface area contributed by atoms with Gasteiger partial charge in [0.25, 0.3) is 5.91 Å². The van der Waals surface area contributed by atoms with Gasteiger partial charge in [0.05, 0.1) is 22.9 Å². The average Bonchev–Trinajstić information content (AvgIpc) is 3.06. The monoisotopic (exact) mass is 376 g/mol. The molecule has 0 atom stereocenters. The minimum absolute atomic E-state index is 0.295. The molecule has 4 N–H and O–H groups in total. The van der Waals surface area contributed by atoms with Gasteiger partial charge < -0.3 is 16.2 Å². The Labute approximate surface area is 161 Å². The number of nitrogen functional groups attached to an aromatic ring is 1. The maximum Gasteiger partial charge on any atom is 0.274 e. The number of aliphatic hydroxyl groups is 1. The Hall–Kier alpha value is -3.70. The van der Waals surface area contributed by atoms with Crippen LogP contribution in [0, 0.1) is 11.3 Å².